The average molecular weight is 645 g/mol. The molecule has 0 bridgehead atoms. The van der Waals surface area contributed by atoms with Crippen molar-refractivity contribution in [1.82, 2.24) is 30.7 Å². The lowest BCUT2D eigenvalue weighted by molar-refractivity contribution is -0.118. The summed E-state index contributed by atoms with van der Waals surface area (Å²) in [5, 5.41) is 17.4. The van der Waals surface area contributed by atoms with E-state index in [0.717, 1.165) is 28.7 Å². The van der Waals surface area contributed by atoms with Crippen LogP contribution in [0.15, 0.2) is 106 Å². The van der Waals surface area contributed by atoms with Gasteiger partial charge in [0.05, 0.1) is 17.7 Å². The summed E-state index contributed by atoms with van der Waals surface area (Å²) in [7, 11) is -0.138. The largest absolute Gasteiger partial charge is 0.493 e. The standard InChI is InChI=1S/C35H44N6O4S/c1-9-11-12-15-28(22-25(6)34-37-40-41-38-34)32(24(5)10-2)36-35(42)33(45-31-17-14-13-16-30(31)44-8)26(7)39-46(43)29-20-18-27(19-21-29)23(3)4/h11-23,39H,9-10H2,1-8H3,(H,36,42)(H,37,38,40,41)/b12-11+,25-22+,28-15+,32-24+,33-26-. The summed E-state index contributed by atoms with van der Waals surface area (Å²) in [5.74, 6) is 0.945. The molecule has 1 heterocycles. The van der Waals surface area contributed by atoms with E-state index in [2.05, 4.69) is 44.5 Å². The molecule has 244 valence electrons. The van der Waals surface area contributed by atoms with Crippen molar-refractivity contribution in [2.45, 2.75) is 72.1 Å². The number of carbonyl (C=O) groups excluding carboxylic acids is 1. The second-order valence-corrected chi connectivity index (χ2v) is 12.0. The number of hydrogen-bond acceptors (Lipinski definition) is 7. The van der Waals surface area contributed by atoms with Gasteiger partial charge in [0.25, 0.3) is 5.91 Å². The molecule has 0 aliphatic heterocycles. The van der Waals surface area contributed by atoms with Crippen LogP contribution >= 0.6 is 0 Å². The Morgan fingerprint density at radius 1 is 1.04 bits per heavy atom. The van der Waals surface area contributed by atoms with Crippen molar-refractivity contribution in [3.63, 3.8) is 0 Å². The van der Waals surface area contributed by atoms with Gasteiger partial charge in [-0.25, -0.2) is 4.21 Å². The molecule has 0 saturated heterocycles. The first-order valence-corrected chi connectivity index (χ1v) is 16.3. The molecule has 10 nitrogen and oxygen atoms in total. The molecule has 3 N–H and O–H groups in total. The Bertz CT molecular complexity index is 1650. The van der Waals surface area contributed by atoms with E-state index in [9.17, 15) is 9.00 Å². The highest BCUT2D eigenvalue weighted by atomic mass is 32.2. The predicted molar refractivity (Wildman–Crippen MR) is 183 cm³/mol. The number of nitrogens with zero attached hydrogens (tertiary/aromatic N) is 3. The van der Waals surface area contributed by atoms with E-state index in [1.807, 2.05) is 76.3 Å². The third kappa shape index (κ3) is 9.87. The number of hydrogen-bond donors (Lipinski definition) is 3. The average Bonchev–Trinajstić information content (AvgIpc) is 3.61. The maximum Gasteiger partial charge on any atom is 0.293 e. The van der Waals surface area contributed by atoms with E-state index < -0.39 is 16.9 Å². The van der Waals surface area contributed by atoms with Crippen molar-refractivity contribution >= 4 is 22.5 Å². The number of tetrazole rings is 1. The van der Waals surface area contributed by atoms with E-state index in [4.69, 9.17) is 9.47 Å². The van der Waals surface area contributed by atoms with Crippen LogP contribution in [-0.2, 0) is 15.8 Å². The highest BCUT2D eigenvalue weighted by Gasteiger charge is 2.22. The second kappa shape index (κ2) is 17.6. The molecule has 1 amide bonds. The van der Waals surface area contributed by atoms with Gasteiger partial charge in [-0.3, -0.25) is 4.79 Å². The summed E-state index contributed by atoms with van der Waals surface area (Å²) in [6.45, 7) is 13.7. The lowest BCUT2D eigenvalue weighted by Crippen LogP contribution is -2.31. The van der Waals surface area contributed by atoms with Gasteiger partial charge in [-0.05, 0) is 97.4 Å². The number of nitrogens with one attached hydrogen (secondary N) is 3. The van der Waals surface area contributed by atoms with Crippen molar-refractivity contribution in [2.75, 3.05) is 7.11 Å². The van der Waals surface area contributed by atoms with E-state index in [0.29, 0.717) is 40.3 Å². The minimum Gasteiger partial charge on any atom is -0.493 e. The first kappa shape index (κ1) is 35.7. The summed E-state index contributed by atoms with van der Waals surface area (Å²) in [5.41, 5.74) is 4.42. The topological polar surface area (TPSA) is 131 Å². The number of benzene rings is 2. The van der Waals surface area contributed by atoms with E-state index in [-0.39, 0.29) is 11.5 Å². The Balaban J connectivity index is 2.08. The molecule has 0 saturated carbocycles. The molecule has 0 radical (unpaired) electrons. The molecular formula is C35H44N6O4S. The fourth-order valence-corrected chi connectivity index (χ4v) is 5.11. The van der Waals surface area contributed by atoms with E-state index in [1.165, 1.54) is 7.11 Å². The molecule has 1 atom stereocenters. The normalized spacial score (nSPS) is 14.1. The Labute approximate surface area is 274 Å². The molecule has 0 spiro atoms. The van der Waals surface area contributed by atoms with Gasteiger partial charge in [0.15, 0.2) is 17.3 Å². The fraction of sp³-hybridized carbons (Fsp3) is 0.314. The lowest BCUT2D eigenvalue weighted by Gasteiger charge is -2.19. The van der Waals surface area contributed by atoms with Crippen molar-refractivity contribution in [3.05, 3.63) is 113 Å². The number of rotatable bonds is 15. The summed E-state index contributed by atoms with van der Waals surface area (Å²) in [6.07, 6.45) is 9.29. The minimum atomic E-state index is -1.66. The van der Waals surface area contributed by atoms with Gasteiger partial charge in [0.1, 0.15) is 11.0 Å². The van der Waals surface area contributed by atoms with Gasteiger partial charge in [-0.2, -0.15) is 5.21 Å². The Morgan fingerprint density at radius 3 is 2.33 bits per heavy atom. The smallest absolute Gasteiger partial charge is 0.293 e. The van der Waals surface area contributed by atoms with Crippen LogP contribution in [0.2, 0.25) is 0 Å². The molecule has 3 rings (SSSR count). The van der Waals surface area contributed by atoms with Gasteiger partial charge in [0, 0.05) is 5.70 Å². The molecule has 1 aromatic heterocycles. The number of allylic oxidation sites excluding steroid dienone is 7. The predicted octanol–water partition coefficient (Wildman–Crippen LogP) is 7.05. The summed E-state index contributed by atoms with van der Waals surface area (Å²) in [4.78, 5) is 14.8. The molecule has 3 aromatic rings. The zero-order valence-corrected chi connectivity index (χ0v) is 28.6. The Kier molecular flexibility index (Phi) is 13.7. The zero-order chi connectivity index (χ0) is 33.6. The van der Waals surface area contributed by atoms with Crippen molar-refractivity contribution in [2.24, 2.45) is 0 Å². The minimum absolute atomic E-state index is 0.0691. The number of ether oxygens (including phenoxy) is 2. The molecule has 0 aliphatic rings. The first-order valence-electron chi connectivity index (χ1n) is 15.2. The Hall–Kier alpha value is -4.77. The number of amides is 1. The van der Waals surface area contributed by atoms with Gasteiger partial charge in [0.2, 0.25) is 5.76 Å². The molecule has 11 heteroatoms. The third-order valence-corrected chi connectivity index (χ3v) is 8.23. The maximum absolute atomic E-state index is 14.2. The van der Waals surface area contributed by atoms with Crippen LogP contribution in [0.25, 0.3) is 5.57 Å². The lowest BCUT2D eigenvalue weighted by atomic mass is 10.0. The number of methoxy groups -OCH3 is 1. The number of para-hydroxylation sites is 2. The maximum atomic E-state index is 14.2. The van der Waals surface area contributed by atoms with Crippen molar-refractivity contribution in [1.29, 1.82) is 0 Å². The van der Waals surface area contributed by atoms with Gasteiger partial charge in [-0.1, -0.05) is 70.2 Å². The van der Waals surface area contributed by atoms with Crippen LogP contribution in [0.1, 0.15) is 78.6 Å². The molecular weight excluding hydrogens is 600 g/mol. The molecule has 46 heavy (non-hydrogen) atoms. The quantitative estimate of drug-likeness (QED) is 0.0918. The molecule has 1 unspecified atom stereocenters. The van der Waals surface area contributed by atoms with Crippen LogP contribution in [0, 0.1) is 0 Å². The first-order chi connectivity index (χ1) is 22.1. The fourth-order valence-electron chi connectivity index (χ4n) is 4.24. The van der Waals surface area contributed by atoms with Gasteiger partial charge in [-0.15, -0.1) is 10.2 Å². The third-order valence-electron chi connectivity index (χ3n) is 7.04. The number of H-pyrrole nitrogens is 1. The summed E-state index contributed by atoms with van der Waals surface area (Å²) < 4.78 is 28.1. The van der Waals surface area contributed by atoms with Crippen LogP contribution < -0.4 is 19.5 Å². The van der Waals surface area contributed by atoms with Crippen LogP contribution in [0.4, 0.5) is 0 Å². The second-order valence-electron chi connectivity index (χ2n) is 10.8. The van der Waals surface area contributed by atoms with E-state index in [1.54, 1.807) is 31.2 Å². The van der Waals surface area contributed by atoms with Crippen LogP contribution in [-0.4, -0.2) is 37.9 Å². The molecule has 2 aromatic carbocycles. The number of aromatic nitrogens is 4. The van der Waals surface area contributed by atoms with Crippen molar-refractivity contribution < 1.29 is 18.5 Å². The van der Waals surface area contributed by atoms with Crippen LogP contribution in [0.5, 0.6) is 11.5 Å². The highest BCUT2D eigenvalue weighted by Crippen LogP contribution is 2.29. The Morgan fingerprint density at radius 2 is 1.74 bits per heavy atom. The van der Waals surface area contributed by atoms with Gasteiger partial charge >= 0.3 is 0 Å². The van der Waals surface area contributed by atoms with Crippen LogP contribution in [0.3, 0.4) is 0 Å². The van der Waals surface area contributed by atoms with Crippen molar-refractivity contribution in [3.8, 4) is 11.5 Å². The monoisotopic (exact) mass is 644 g/mol. The summed E-state index contributed by atoms with van der Waals surface area (Å²) in [6, 6.07) is 14.6. The molecule has 0 aliphatic carbocycles. The summed E-state index contributed by atoms with van der Waals surface area (Å²) >= 11 is 0. The SMILES string of the molecule is CC/C=C/C=C(\C=C(/C)c1nn[nH]n1)C(/NC(=O)/C(Oc1ccccc1OC)=C(\C)NS(=O)c1ccc(C(C)C)cc1)=C(/C)CC. The number of aromatic amines is 1. The molecule has 0 fully saturated rings. The van der Waals surface area contributed by atoms with Gasteiger partial charge < -0.3 is 19.5 Å². The zero-order valence-electron chi connectivity index (χ0n) is 27.8. The highest BCUT2D eigenvalue weighted by molar-refractivity contribution is 7.83. The number of carbonyl (C=O) groups is 1. The van der Waals surface area contributed by atoms with E-state index >= 15 is 0 Å².